The van der Waals surface area contributed by atoms with Gasteiger partial charge in [-0.1, -0.05) is 24.3 Å². The Hall–Kier alpha value is -4.00. The molecule has 168 valence electrons. The average Bonchev–Trinajstić information content (AvgIpc) is 2.80. The number of hydrogen-bond acceptors (Lipinski definition) is 6. The highest BCUT2D eigenvalue weighted by Crippen LogP contribution is 2.38. The molecule has 0 saturated heterocycles. The quantitative estimate of drug-likeness (QED) is 0.427. The van der Waals surface area contributed by atoms with E-state index in [2.05, 4.69) is 44.2 Å². The fraction of sp³-hybridized carbons (Fsp3) is 0.192. The summed E-state index contributed by atoms with van der Waals surface area (Å²) in [6.45, 7) is 4.50. The fourth-order valence-corrected chi connectivity index (χ4v) is 4.13. The van der Waals surface area contributed by atoms with Crippen LogP contribution in [0.3, 0.4) is 0 Å². The van der Waals surface area contributed by atoms with Crippen LogP contribution < -0.4 is 15.0 Å². The van der Waals surface area contributed by atoms with E-state index in [0.29, 0.717) is 35.4 Å². The van der Waals surface area contributed by atoms with Gasteiger partial charge in [0.05, 0.1) is 12.2 Å². The average molecular weight is 444 g/mol. The van der Waals surface area contributed by atoms with Crippen molar-refractivity contribution >= 4 is 17.5 Å². The molecule has 2 aromatic carbocycles. The Kier molecular flexibility index (Phi) is 5.38. The van der Waals surface area contributed by atoms with Gasteiger partial charge in [-0.2, -0.15) is 4.98 Å². The van der Waals surface area contributed by atoms with E-state index in [1.54, 1.807) is 24.5 Å². The number of hydrogen-bond donors (Lipinski definition) is 1. The largest absolute Gasteiger partial charge is 0.486 e. The summed E-state index contributed by atoms with van der Waals surface area (Å²) in [7, 11) is 2.00. The van der Waals surface area contributed by atoms with Crippen molar-refractivity contribution in [2.45, 2.75) is 19.9 Å². The molecule has 6 nitrogen and oxygen atoms in total. The molecule has 0 aliphatic carbocycles. The Bertz CT molecular complexity index is 1330. The van der Waals surface area contributed by atoms with Crippen molar-refractivity contribution in [3.8, 4) is 16.9 Å². The van der Waals surface area contributed by atoms with Crippen LogP contribution in [0.4, 0.5) is 21.8 Å². The summed E-state index contributed by atoms with van der Waals surface area (Å²) < 4.78 is 20.8. The summed E-state index contributed by atoms with van der Waals surface area (Å²) in [5.74, 6) is 1.36. The van der Waals surface area contributed by atoms with E-state index in [-0.39, 0.29) is 13.3 Å². The first kappa shape index (κ1) is 20.9. The van der Waals surface area contributed by atoms with E-state index >= 15 is 0 Å². The first-order valence-corrected chi connectivity index (χ1v) is 10.8. The Morgan fingerprint density at radius 1 is 1.09 bits per heavy atom. The molecule has 0 amide bonds. The Morgan fingerprint density at radius 2 is 1.94 bits per heavy atom. The van der Waals surface area contributed by atoms with Crippen molar-refractivity contribution < 1.29 is 10.6 Å². The number of fused-ring (bicyclic) bond motifs is 1. The topological polar surface area (TPSA) is 63.2 Å². The maximum Gasteiger partial charge on any atom is 0.229 e. The van der Waals surface area contributed by atoms with Crippen LogP contribution in [0.5, 0.6) is 5.75 Å². The highest BCUT2D eigenvalue weighted by Gasteiger charge is 2.29. The highest BCUT2D eigenvalue weighted by molar-refractivity contribution is 5.68. The number of halogens is 1. The first-order valence-electron chi connectivity index (χ1n) is 10.8. The molecule has 5 rings (SSSR count). The molecule has 0 radical (unpaired) electrons. The molecule has 3 heterocycles. The maximum atomic E-state index is 14.9. The summed E-state index contributed by atoms with van der Waals surface area (Å²) in [5, 5.41) is 3.11. The molecule has 0 bridgehead atoms. The molecule has 1 N–H and O–H groups in total. The SMILES string of the molecule is Cc1cc(-c2ccc(Nc3ncc4c(n3)N(C)C(c3ccccc3C)CO4)cc2F)ccn1.[HH]. The van der Waals surface area contributed by atoms with Crippen molar-refractivity contribution in [2.24, 2.45) is 0 Å². The number of ether oxygens (including phenoxy) is 1. The minimum Gasteiger partial charge on any atom is -0.486 e. The number of nitrogens with zero attached hydrogens (tertiary/aromatic N) is 4. The molecular weight excluding hydrogens is 417 g/mol. The van der Waals surface area contributed by atoms with Crippen molar-refractivity contribution in [2.75, 3.05) is 23.9 Å². The van der Waals surface area contributed by atoms with Crippen molar-refractivity contribution in [3.05, 3.63) is 89.6 Å². The van der Waals surface area contributed by atoms with E-state index in [1.165, 1.54) is 17.2 Å². The van der Waals surface area contributed by atoms with Gasteiger partial charge in [0.2, 0.25) is 5.95 Å². The van der Waals surface area contributed by atoms with Crippen LogP contribution in [0.1, 0.15) is 24.3 Å². The zero-order valence-electron chi connectivity index (χ0n) is 18.7. The molecule has 33 heavy (non-hydrogen) atoms. The normalized spacial score (nSPS) is 15.0. The van der Waals surface area contributed by atoms with Crippen LogP contribution in [0.2, 0.25) is 0 Å². The van der Waals surface area contributed by atoms with Gasteiger partial charge in [0, 0.05) is 31.6 Å². The monoisotopic (exact) mass is 443 g/mol. The lowest BCUT2D eigenvalue weighted by Crippen LogP contribution is -2.34. The summed E-state index contributed by atoms with van der Waals surface area (Å²) in [4.78, 5) is 15.3. The minimum atomic E-state index is -0.330. The van der Waals surface area contributed by atoms with Crippen LogP contribution in [0.15, 0.2) is 67.0 Å². The van der Waals surface area contributed by atoms with E-state index < -0.39 is 0 Å². The van der Waals surface area contributed by atoms with E-state index in [4.69, 9.17) is 4.74 Å². The van der Waals surface area contributed by atoms with Crippen molar-refractivity contribution in [1.82, 2.24) is 15.0 Å². The molecule has 0 spiro atoms. The standard InChI is InChI=1S/C26H24FN5O.H2/c1-16-6-4-5-7-20(16)23-15-33-24-14-29-26(31-25(24)32(23)3)30-19-8-9-21(22(27)13-19)18-10-11-28-17(2)12-18;/h4-14,23H,15H2,1-3H3,(H,29,30,31);1H. The molecule has 1 aliphatic rings. The van der Waals surface area contributed by atoms with Crippen molar-refractivity contribution in [3.63, 3.8) is 0 Å². The summed E-state index contributed by atoms with van der Waals surface area (Å²) in [6.07, 6.45) is 3.33. The van der Waals surface area contributed by atoms with Gasteiger partial charge >= 0.3 is 0 Å². The Morgan fingerprint density at radius 3 is 2.73 bits per heavy atom. The molecule has 1 aliphatic heterocycles. The molecule has 2 aromatic heterocycles. The molecule has 0 fully saturated rings. The lowest BCUT2D eigenvalue weighted by molar-refractivity contribution is 0.264. The Balaban J connectivity index is 0.00000274. The second-order valence-corrected chi connectivity index (χ2v) is 8.18. The molecule has 1 atom stereocenters. The molecular formula is C26H26FN5O. The van der Waals surface area contributed by atoms with Gasteiger partial charge in [-0.05, 0) is 60.9 Å². The maximum absolute atomic E-state index is 14.9. The predicted molar refractivity (Wildman–Crippen MR) is 130 cm³/mol. The number of aromatic nitrogens is 3. The number of pyridine rings is 1. The zero-order chi connectivity index (χ0) is 22.9. The number of benzene rings is 2. The molecule has 7 heteroatoms. The predicted octanol–water partition coefficient (Wildman–Crippen LogP) is 5.85. The lowest BCUT2D eigenvalue weighted by atomic mass is 10.00. The second-order valence-electron chi connectivity index (χ2n) is 8.18. The van der Waals surface area contributed by atoms with E-state index in [0.717, 1.165) is 11.3 Å². The number of nitrogens with one attached hydrogen (secondary N) is 1. The van der Waals surface area contributed by atoms with Gasteiger partial charge in [-0.15, -0.1) is 0 Å². The zero-order valence-corrected chi connectivity index (χ0v) is 18.7. The summed E-state index contributed by atoms with van der Waals surface area (Å²) in [5.41, 5.74) is 5.12. The first-order chi connectivity index (χ1) is 16.0. The van der Waals surface area contributed by atoms with Gasteiger partial charge in [-0.3, -0.25) is 4.98 Å². The summed E-state index contributed by atoms with van der Waals surface area (Å²) >= 11 is 0. The van der Waals surface area contributed by atoms with Gasteiger partial charge in [-0.25, -0.2) is 9.37 Å². The van der Waals surface area contributed by atoms with Crippen molar-refractivity contribution in [1.29, 1.82) is 0 Å². The van der Waals surface area contributed by atoms with Crippen LogP contribution in [0, 0.1) is 19.7 Å². The fourth-order valence-electron chi connectivity index (χ4n) is 4.13. The van der Waals surface area contributed by atoms with Gasteiger partial charge < -0.3 is 15.0 Å². The van der Waals surface area contributed by atoms with Gasteiger partial charge in [0.1, 0.15) is 12.4 Å². The van der Waals surface area contributed by atoms with Crippen LogP contribution in [0.25, 0.3) is 11.1 Å². The van der Waals surface area contributed by atoms with Gasteiger partial charge in [0.25, 0.3) is 0 Å². The lowest BCUT2D eigenvalue weighted by Gasteiger charge is -2.35. The number of anilines is 3. The smallest absolute Gasteiger partial charge is 0.229 e. The molecule has 1 unspecified atom stereocenters. The highest BCUT2D eigenvalue weighted by atomic mass is 19.1. The van der Waals surface area contributed by atoms with Crippen LogP contribution in [-0.2, 0) is 0 Å². The van der Waals surface area contributed by atoms with Crippen LogP contribution >= 0.6 is 0 Å². The third-order valence-electron chi connectivity index (χ3n) is 5.91. The van der Waals surface area contributed by atoms with Gasteiger partial charge in [0.15, 0.2) is 11.6 Å². The van der Waals surface area contributed by atoms with E-state index in [9.17, 15) is 4.39 Å². The van der Waals surface area contributed by atoms with E-state index in [1.807, 2.05) is 38.2 Å². The molecule has 0 saturated carbocycles. The van der Waals surface area contributed by atoms with Crippen LogP contribution in [-0.4, -0.2) is 28.6 Å². The number of rotatable bonds is 4. The summed E-state index contributed by atoms with van der Waals surface area (Å²) in [6, 6.07) is 17.0. The minimum absolute atomic E-state index is 0. The third kappa shape index (κ3) is 4.09. The third-order valence-corrected chi connectivity index (χ3v) is 5.91. The second kappa shape index (κ2) is 8.50. The number of aryl methyl sites for hydroxylation is 2. The Labute approximate surface area is 193 Å². The number of likely N-dealkylation sites (N-methyl/N-ethyl adjacent to an activating group) is 1. The molecule has 4 aromatic rings.